The van der Waals surface area contributed by atoms with Crippen molar-refractivity contribution < 1.29 is 19.1 Å². The monoisotopic (exact) mass is 243 g/mol. The first kappa shape index (κ1) is 13.3. The lowest BCUT2D eigenvalue weighted by molar-refractivity contribution is -0.126. The van der Waals surface area contributed by atoms with Gasteiger partial charge in [0, 0.05) is 13.6 Å². The van der Waals surface area contributed by atoms with Crippen LogP contribution >= 0.6 is 0 Å². The molecule has 0 unspecified atom stereocenters. The second-order valence-electron chi connectivity index (χ2n) is 3.98. The molecule has 0 aromatic heterocycles. The van der Waals surface area contributed by atoms with Gasteiger partial charge in [-0.1, -0.05) is 0 Å². The number of rotatable bonds is 5. The van der Waals surface area contributed by atoms with E-state index in [2.05, 4.69) is 20.7 Å². The molecule has 0 bridgehead atoms. The Balaban J connectivity index is 2.24. The van der Waals surface area contributed by atoms with Crippen molar-refractivity contribution in [3.05, 3.63) is 0 Å². The highest BCUT2D eigenvalue weighted by Gasteiger charge is 2.49. The summed E-state index contributed by atoms with van der Waals surface area (Å²) in [6.45, 7) is 0.144. The summed E-state index contributed by atoms with van der Waals surface area (Å²) >= 11 is 0. The molecule has 0 heterocycles. The second kappa shape index (κ2) is 5.51. The molecule has 7 heteroatoms. The maximum Gasteiger partial charge on any atom is 0.407 e. The van der Waals surface area contributed by atoms with Gasteiger partial charge in [-0.15, -0.1) is 0 Å². The summed E-state index contributed by atoms with van der Waals surface area (Å²) in [6, 6.07) is 0. The summed E-state index contributed by atoms with van der Waals surface area (Å²) in [5.41, 5.74) is -0.449. The van der Waals surface area contributed by atoms with Crippen LogP contribution in [0.5, 0.6) is 0 Å². The van der Waals surface area contributed by atoms with Crippen molar-refractivity contribution in [1.82, 2.24) is 16.0 Å². The van der Waals surface area contributed by atoms with Gasteiger partial charge in [-0.25, -0.2) is 4.79 Å². The zero-order chi connectivity index (χ0) is 12.9. The quantitative estimate of drug-likeness (QED) is 0.576. The number of carbonyl (C=O) groups is 3. The van der Waals surface area contributed by atoms with Crippen LogP contribution in [0, 0.1) is 5.41 Å². The van der Waals surface area contributed by atoms with Crippen LogP contribution in [0.3, 0.4) is 0 Å². The molecule has 3 amide bonds. The average molecular weight is 243 g/mol. The van der Waals surface area contributed by atoms with E-state index in [1.165, 1.54) is 7.11 Å². The lowest BCUT2D eigenvalue weighted by Gasteiger charge is -2.14. The molecular formula is C10H17N3O4. The summed E-state index contributed by atoms with van der Waals surface area (Å²) in [5.74, 6) is -0.399. The van der Waals surface area contributed by atoms with Gasteiger partial charge in [-0.3, -0.25) is 9.59 Å². The third kappa shape index (κ3) is 3.61. The van der Waals surface area contributed by atoms with E-state index in [0.29, 0.717) is 6.54 Å². The third-order valence-corrected chi connectivity index (χ3v) is 2.76. The Labute approximate surface area is 99.3 Å². The van der Waals surface area contributed by atoms with Crippen molar-refractivity contribution >= 4 is 17.9 Å². The fourth-order valence-electron chi connectivity index (χ4n) is 1.46. The summed E-state index contributed by atoms with van der Waals surface area (Å²) in [6.07, 6.45) is 0.891. The van der Waals surface area contributed by atoms with Crippen LogP contribution in [-0.2, 0) is 14.3 Å². The summed E-state index contributed by atoms with van der Waals surface area (Å²) < 4.78 is 4.32. The van der Waals surface area contributed by atoms with Gasteiger partial charge in [0.1, 0.15) is 0 Å². The molecule has 7 nitrogen and oxygen atoms in total. The Bertz CT molecular complexity index is 326. The molecule has 3 N–H and O–H groups in total. The predicted molar refractivity (Wildman–Crippen MR) is 59.2 cm³/mol. The van der Waals surface area contributed by atoms with Crippen molar-refractivity contribution in [2.45, 2.75) is 12.8 Å². The lowest BCUT2D eigenvalue weighted by Crippen LogP contribution is -2.42. The smallest absolute Gasteiger partial charge is 0.407 e. The highest BCUT2D eigenvalue weighted by molar-refractivity contribution is 5.87. The molecule has 0 aliphatic heterocycles. The van der Waals surface area contributed by atoms with Gasteiger partial charge in [-0.05, 0) is 12.8 Å². The summed E-state index contributed by atoms with van der Waals surface area (Å²) in [5, 5.41) is 7.44. The van der Waals surface area contributed by atoms with Crippen LogP contribution in [0.4, 0.5) is 4.79 Å². The van der Waals surface area contributed by atoms with Crippen molar-refractivity contribution in [3.63, 3.8) is 0 Å². The number of methoxy groups -OCH3 is 1. The normalized spacial score (nSPS) is 15.6. The highest BCUT2D eigenvalue weighted by atomic mass is 16.5. The lowest BCUT2D eigenvalue weighted by atomic mass is 10.1. The van der Waals surface area contributed by atoms with Gasteiger partial charge in [0.25, 0.3) is 0 Å². The second-order valence-corrected chi connectivity index (χ2v) is 3.98. The van der Waals surface area contributed by atoms with E-state index in [1.54, 1.807) is 7.05 Å². The zero-order valence-corrected chi connectivity index (χ0v) is 9.96. The highest BCUT2D eigenvalue weighted by Crippen LogP contribution is 2.45. The minimum atomic E-state index is -0.660. The van der Waals surface area contributed by atoms with Crippen LogP contribution in [0.15, 0.2) is 0 Å². The molecule has 0 atom stereocenters. The molecule has 0 aromatic rings. The molecule has 0 saturated heterocycles. The van der Waals surface area contributed by atoms with Crippen LogP contribution in [0.2, 0.25) is 0 Å². The molecule has 1 saturated carbocycles. The number of hydrogen-bond donors (Lipinski definition) is 3. The van der Waals surface area contributed by atoms with Gasteiger partial charge in [-0.2, -0.15) is 0 Å². The van der Waals surface area contributed by atoms with E-state index >= 15 is 0 Å². The first-order valence-corrected chi connectivity index (χ1v) is 5.35. The fraction of sp³-hybridized carbons (Fsp3) is 0.700. The number of amides is 3. The van der Waals surface area contributed by atoms with Crippen LogP contribution in [0.1, 0.15) is 12.8 Å². The van der Waals surface area contributed by atoms with Gasteiger partial charge >= 0.3 is 6.09 Å². The molecular weight excluding hydrogens is 226 g/mol. The number of carbonyl (C=O) groups excluding carboxylic acids is 3. The van der Waals surface area contributed by atoms with Gasteiger partial charge < -0.3 is 20.7 Å². The van der Waals surface area contributed by atoms with Crippen LogP contribution < -0.4 is 16.0 Å². The van der Waals surface area contributed by atoms with Gasteiger partial charge in [0.2, 0.25) is 11.8 Å². The van der Waals surface area contributed by atoms with Crippen LogP contribution in [-0.4, -0.2) is 45.2 Å². The molecule has 0 spiro atoms. The Kier molecular flexibility index (Phi) is 4.30. The van der Waals surface area contributed by atoms with E-state index in [9.17, 15) is 14.4 Å². The van der Waals surface area contributed by atoms with E-state index in [0.717, 1.165) is 12.8 Å². The molecule has 96 valence electrons. The first-order chi connectivity index (χ1) is 8.04. The maximum atomic E-state index is 11.5. The largest absolute Gasteiger partial charge is 0.453 e. The number of alkyl carbamates (subject to hydrolysis) is 1. The minimum absolute atomic E-state index is 0.0567. The Morgan fingerprint density at radius 3 is 2.35 bits per heavy atom. The average Bonchev–Trinajstić information content (AvgIpc) is 3.13. The van der Waals surface area contributed by atoms with E-state index in [-0.39, 0.29) is 18.4 Å². The molecule has 1 aliphatic carbocycles. The molecule has 0 aromatic carbocycles. The molecule has 1 aliphatic rings. The minimum Gasteiger partial charge on any atom is -0.453 e. The van der Waals surface area contributed by atoms with E-state index in [4.69, 9.17) is 0 Å². The Hall–Kier alpha value is -1.79. The first-order valence-electron chi connectivity index (χ1n) is 5.35. The molecule has 1 fully saturated rings. The third-order valence-electron chi connectivity index (χ3n) is 2.76. The predicted octanol–water partition coefficient (Wildman–Crippen LogP) is -1.02. The number of hydrogen-bond acceptors (Lipinski definition) is 4. The fourth-order valence-corrected chi connectivity index (χ4v) is 1.46. The molecule has 0 radical (unpaired) electrons. The van der Waals surface area contributed by atoms with Crippen molar-refractivity contribution in [2.75, 3.05) is 27.2 Å². The molecule has 1 rings (SSSR count). The summed E-state index contributed by atoms with van der Waals surface area (Å²) in [4.78, 5) is 33.5. The van der Waals surface area contributed by atoms with Crippen LogP contribution in [0.25, 0.3) is 0 Å². The van der Waals surface area contributed by atoms with E-state index in [1.807, 2.05) is 0 Å². The maximum absolute atomic E-state index is 11.5. The standard InChI is InChI=1S/C10H17N3O4/c1-11-8(15)10(3-4-10)6-13-7(14)5-12-9(16)17-2/h3-6H2,1-2H3,(H,11,15)(H,12,16)(H,13,14). The van der Waals surface area contributed by atoms with Gasteiger partial charge in [0.05, 0.1) is 19.1 Å². The topological polar surface area (TPSA) is 96.5 Å². The summed E-state index contributed by atoms with van der Waals surface area (Å²) in [7, 11) is 2.79. The Morgan fingerprint density at radius 2 is 1.88 bits per heavy atom. The van der Waals surface area contributed by atoms with Gasteiger partial charge in [0.15, 0.2) is 0 Å². The van der Waals surface area contributed by atoms with E-state index < -0.39 is 11.5 Å². The SMILES string of the molecule is CNC(=O)C1(CNC(=O)CNC(=O)OC)CC1. The van der Waals surface area contributed by atoms with Crippen molar-refractivity contribution in [3.8, 4) is 0 Å². The van der Waals surface area contributed by atoms with Crippen molar-refractivity contribution in [2.24, 2.45) is 5.41 Å². The number of nitrogens with one attached hydrogen (secondary N) is 3. The Morgan fingerprint density at radius 1 is 1.24 bits per heavy atom. The molecule has 17 heavy (non-hydrogen) atoms. The zero-order valence-electron chi connectivity index (χ0n) is 9.96. The van der Waals surface area contributed by atoms with Crippen molar-refractivity contribution in [1.29, 1.82) is 0 Å². The number of ether oxygens (including phenoxy) is 1.